The van der Waals surface area contributed by atoms with Gasteiger partial charge in [0.2, 0.25) is 0 Å². The molecule has 5 heteroatoms. The molecule has 3 rings (SSSR count). The van der Waals surface area contributed by atoms with Gasteiger partial charge in [-0.2, -0.15) is 0 Å². The number of carboxylic acids is 1. The van der Waals surface area contributed by atoms with Gasteiger partial charge in [0, 0.05) is 19.3 Å². The van der Waals surface area contributed by atoms with Gasteiger partial charge in [-0.1, -0.05) is 35.9 Å². The molecule has 0 amide bonds. The Balaban J connectivity index is 1.90. The molecule has 1 aromatic carbocycles. The number of hydrogen-bond donors (Lipinski definition) is 1. The highest BCUT2D eigenvalue weighted by molar-refractivity contribution is 6.33. The van der Waals surface area contributed by atoms with Crippen LogP contribution in [0.5, 0.6) is 0 Å². The second-order valence-corrected chi connectivity index (χ2v) is 5.18. The fraction of sp³-hybridized carbons (Fsp3) is 0.200. The molecule has 0 saturated carbocycles. The molecule has 1 aliphatic rings. The molecule has 0 aliphatic carbocycles. The van der Waals surface area contributed by atoms with Crippen molar-refractivity contribution in [2.75, 3.05) is 11.4 Å². The predicted octanol–water partition coefficient (Wildman–Crippen LogP) is 3.00. The van der Waals surface area contributed by atoms with Gasteiger partial charge in [-0.05, 0) is 23.6 Å². The lowest BCUT2D eigenvalue weighted by molar-refractivity contribution is 0.0696. The van der Waals surface area contributed by atoms with E-state index >= 15 is 0 Å². The van der Waals surface area contributed by atoms with Crippen LogP contribution in [-0.4, -0.2) is 22.6 Å². The van der Waals surface area contributed by atoms with Gasteiger partial charge in [0.25, 0.3) is 0 Å². The third-order valence-electron chi connectivity index (χ3n) is 3.50. The maximum Gasteiger partial charge on any atom is 0.337 e. The van der Waals surface area contributed by atoms with Crippen LogP contribution in [0.3, 0.4) is 0 Å². The number of anilines is 1. The number of aromatic carboxylic acids is 1. The van der Waals surface area contributed by atoms with Gasteiger partial charge in [0.05, 0.1) is 10.6 Å². The molecule has 1 aliphatic heterocycles. The first-order valence-corrected chi connectivity index (χ1v) is 6.73. The highest BCUT2D eigenvalue weighted by Gasteiger charge is 2.20. The largest absolute Gasteiger partial charge is 0.478 e. The van der Waals surface area contributed by atoms with Crippen molar-refractivity contribution in [1.82, 2.24) is 4.98 Å². The van der Waals surface area contributed by atoms with E-state index in [4.69, 9.17) is 16.7 Å². The Hall–Kier alpha value is -2.07. The molecule has 0 bridgehead atoms. The average Bonchev–Trinajstić information content (AvgIpc) is 2.46. The number of carbonyl (C=O) groups is 1. The Morgan fingerprint density at radius 2 is 2.05 bits per heavy atom. The van der Waals surface area contributed by atoms with E-state index in [-0.39, 0.29) is 5.56 Å². The summed E-state index contributed by atoms with van der Waals surface area (Å²) in [5.41, 5.74) is 2.72. The minimum absolute atomic E-state index is 0.108. The molecular weight excluding hydrogens is 276 g/mol. The summed E-state index contributed by atoms with van der Waals surface area (Å²) >= 11 is 6.17. The van der Waals surface area contributed by atoms with E-state index in [1.165, 1.54) is 23.4 Å². The summed E-state index contributed by atoms with van der Waals surface area (Å²) < 4.78 is 0. The molecule has 0 fully saturated rings. The van der Waals surface area contributed by atoms with E-state index in [1.54, 1.807) is 0 Å². The first kappa shape index (κ1) is 12.9. The molecule has 0 radical (unpaired) electrons. The van der Waals surface area contributed by atoms with E-state index in [0.717, 1.165) is 19.5 Å². The van der Waals surface area contributed by atoms with Gasteiger partial charge in [-0.25, -0.2) is 9.78 Å². The molecule has 1 aromatic heterocycles. The van der Waals surface area contributed by atoms with Crippen molar-refractivity contribution in [2.45, 2.75) is 13.0 Å². The summed E-state index contributed by atoms with van der Waals surface area (Å²) in [4.78, 5) is 17.2. The smallest absolute Gasteiger partial charge is 0.337 e. The Morgan fingerprint density at radius 1 is 1.30 bits per heavy atom. The quantitative estimate of drug-likeness (QED) is 0.923. The van der Waals surface area contributed by atoms with Crippen LogP contribution in [0, 0.1) is 0 Å². The van der Waals surface area contributed by atoms with Crippen LogP contribution in [0.2, 0.25) is 5.02 Å². The van der Waals surface area contributed by atoms with Crippen molar-refractivity contribution in [3.63, 3.8) is 0 Å². The van der Waals surface area contributed by atoms with Crippen molar-refractivity contribution in [2.24, 2.45) is 0 Å². The van der Waals surface area contributed by atoms with Gasteiger partial charge < -0.3 is 10.0 Å². The van der Waals surface area contributed by atoms with Crippen LogP contribution in [0.15, 0.2) is 36.5 Å². The number of halogens is 1. The number of rotatable bonds is 2. The van der Waals surface area contributed by atoms with Gasteiger partial charge in [-0.15, -0.1) is 0 Å². The third-order valence-corrected chi connectivity index (χ3v) is 3.78. The maximum atomic E-state index is 10.9. The van der Waals surface area contributed by atoms with Crippen LogP contribution < -0.4 is 4.90 Å². The van der Waals surface area contributed by atoms with Gasteiger partial charge >= 0.3 is 5.97 Å². The molecule has 20 heavy (non-hydrogen) atoms. The van der Waals surface area contributed by atoms with Crippen LogP contribution >= 0.6 is 11.6 Å². The molecule has 0 spiro atoms. The SMILES string of the molecule is O=C(O)c1cnc(N2CCc3ccccc3C2)c(Cl)c1. The fourth-order valence-electron chi connectivity index (χ4n) is 2.46. The topological polar surface area (TPSA) is 53.4 Å². The zero-order valence-electron chi connectivity index (χ0n) is 10.7. The lowest BCUT2D eigenvalue weighted by Gasteiger charge is -2.30. The molecule has 2 heterocycles. The van der Waals surface area contributed by atoms with Crippen molar-refractivity contribution < 1.29 is 9.90 Å². The lowest BCUT2D eigenvalue weighted by Crippen LogP contribution is -2.31. The molecule has 2 aromatic rings. The molecule has 0 atom stereocenters. The van der Waals surface area contributed by atoms with Crippen molar-refractivity contribution >= 4 is 23.4 Å². The van der Waals surface area contributed by atoms with Crippen LogP contribution in [0.1, 0.15) is 21.5 Å². The average molecular weight is 289 g/mol. The van der Waals surface area contributed by atoms with Gasteiger partial charge in [0.15, 0.2) is 0 Å². The molecule has 0 saturated heterocycles. The summed E-state index contributed by atoms with van der Waals surface area (Å²) in [5.74, 6) is -0.374. The summed E-state index contributed by atoms with van der Waals surface area (Å²) in [6.45, 7) is 1.57. The standard InChI is InChI=1S/C15H13ClN2O2/c16-13-7-12(15(19)20)8-17-14(13)18-6-5-10-3-1-2-4-11(10)9-18/h1-4,7-8H,5-6,9H2,(H,19,20). The number of carboxylic acid groups (broad SMARTS) is 1. The summed E-state index contributed by atoms with van der Waals surface area (Å²) in [6, 6.07) is 9.75. The third kappa shape index (κ3) is 2.34. The zero-order valence-corrected chi connectivity index (χ0v) is 11.5. The number of fused-ring (bicyclic) bond motifs is 1. The first-order valence-electron chi connectivity index (χ1n) is 6.36. The molecular formula is C15H13ClN2O2. The number of benzene rings is 1. The summed E-state index contributed by atoms with van der Waals surface area (Å²) in [6.07, 6.45) is 2.29. The van der Waals surface area contributed by atoms with Crippen molar-refractivity contribution in [3.8, 4) is 0 Å². The second-order valence-electron chi connectivity index (χ2n) is 4.77. The number of hydrogen-bond acceptors (Lipinski definition) is 3. The molecule has 4 nitrogen and oxygen atoms in total. The minimum atomic E-state index is -1.02. The van der Waals surface area contributed by atoms with Crippen LogP contribution in [0.4, 0.5) is 5.82 Å². The minimum Gasteiger partial charge on any atom is -0.478 e. The first-order chi connectivity index (χ1) is 9.65. The Kier molecular flexibility index (Phi) is 3.32. The molecule has 102 valence electrons. The van der Waals surface area contributed by atoms with E-state index in [1.807, 2.05) is 12.1 Å². The zero-order chi connectivity index (χ0) is 14.1. The van der Waals surface area contributed by atoms with Crippen molar-refractivity contribution in [1.29, 1.82) is 0 Å². The summed E-state index contributed by atoms with van der Waals surface area (Å²) in [7, 11) is 0. The van der Waals surface area contributed by atoms with Crippen molar-refractivity contribution in [3.05, 3.63) is 58.2 Å². The fourth-order valence-corrected chi connectivity index (χ4v) is 2.74. The number of aromatic nitrogens is 1. The Labute approximate surface area is 121 Å². The van der Waals surface area contributed by atoms with Crippen LogP contribution in [0.25, 0.3) is 0 Å². The van der Waals surface area contributed by atoms with E-state index in [9.17, 15) is 4.79 Å². The number of nitrogens with zero attached hydrogens (tertiary/aromatic N) is 2. The second kappa shape index (κ2) is 5.13. The Bertz CT molecular complexity index is 673. The van der Waals surface area contributed by atoms with Gasteiger partial charge in [-0.3, -0.25) is 0 Å². The predicted molar refractivity (Wildman–Crippen MR) is 77.4 cm³/mol. The van der Waals surface area contributed by atoms with E-state index in [2.05, 4.69) is 22.0 Å². The van der Waals surface area contributed by atoms with Gasteiger partial charge in [0.1, 0.15) is 5.82 Å². The lowest BCUT2D eigenvalue weighted by atomic mass is 10.00. The van der Waals surface area contributed by atoms with E-state index < -0.39 is 5.97 Å². The maximum absolute atomic E-state index is 10.9. The normalized spacial score (nSPS) is 13.9. The monoisotopic (exact) mass is 288 g/mol. The van der Waals surface area contributed by atoms with E-state index in [0.29, 0.717) is 10.8 Å². The van der Waals surface area contributed by atoms with Crippen LogP contribution in [-0.2, 0) is 13.0 Å². The Morgan fingerprint density at radius 3 is 2.75 bits per heavy atom. The highest BCUT2D eigenvalue weighted by Crippen LogP contribution is 2.29. The summed E-state index contributed by atoms with van der Waals surface area (Å²) in [5, 5.41) is 9.31. The molecule has 1 N–H and O–H groups in total. The molecule has 0 unspecified atom stereocenters. The highest BCUT2D eigenvalue weighted by atomic mass is 35.5. The number of pyridine rings is 1.